The van der Waals surface area contributed by atoms with Gasteiger partial charge in [0.1, 0.15) is 0 Å². The summed E-state index contributed by atoms with van der Waals surface area (Å²) >= 11 is 3.69. The summed E-state index contributed by atoms with van der Waals surface area (Å²) < 4.78 is 1.04. The van der Waals surface area contributed by atoms with Gasteiger partial charge >= 0.3 is 0 Å². The standard InChI is InChI=1S/C22H21BrN2/c1-6-18-11-15(3)10-17(5)21(18)24-8-9-25(14-24)22-19(7-2)12-16(4)13-20(22)23/h1-2,10-13H,8-9,14H2,3-5H3. The average molecular weight is 393 g/mol. The Bertz CT molecular complexity index is 840. The summed E-state index contributed by atoms with van der Waals surface area (Å²) in [6, 6.07) is 8.45. The monoisotopic (exact) mass is 392 g/mol. The van der Waals surface area contributed by atoms with Crippen LogP contribution in [0.4, 0.5) is 11.4 Å². The minimum absolute atomic E-state index is 0.773. The van der Waals surface area contributed by atoms with Crippen LogP contribution < -0.4 is 9.80 Å². The Morgan fingerprint density at radius 1 is 0.840 bits per heavy atom. The number of halogens is 1. The fourth-order valence-corrected chi connectivity index (χ4v) is 4.44. The van der Waals surface area contributed by atoms with Crippen molar-refractivity contribution in [2.75, 3.05) is 29.6 Å². The van der Waals surface area contributed by atoms with Gasteiger partial charge in [0.25, 0.3) is 0 Å². The number of benzene rings is 2. The summed E-state index contributed by atoms with van der Waals surface area (Å²) in [5.74, 6) is 5.68. The normalized spacial score (nSPS) is 13.7. The minimum Gasteiger partial charge on any atom is -0.351 e. The van der Waals surface area contributed by atoms with Gasteiger partial charge in [-0.1, -0.05) is 17.9 Å². The highest BCUT2D eigenvalue weighted by Crippen LogP contribution is 2.35. The Hall–Kier alpha value is -2.36. The van der Waals surface area contributed by atoms with E-state index in [1.54, 1.807) is 0 Å². The minimum atomic E-state index is 0.773. The van der Waals surface area contributed by atoms with Crippen molar-refractivity contribution in [3.05, 3.63) is 56.6 Å². The molecule has 1 fully saturated rings. The number of terminal acetylenes is 2. The summed E-state index contributed by atoms with van der Waals surface area (Å²) in [7, 11) is 0. The van der Waals surface area contributed by atoms with Gasteiger partial charge in [-0.3, -0.25) is 0 Å². The van der Waals surface area contributed by atoms with E-state index >= 15 is 0 Å². The third kappa shape index (κ3) is 3.26. The predicted molar refractivity (Wildman–Crippen MR) is 110 cm³/mol. The van der Waals surface area contributed by atoms with Crippen LogP contribution in [0.1, 0.15) is 27.8 Å². The van der Waals surface area contributed by atoms with Crippen LogP contribution in [-0.4, -0.2) is 19.8 Å². The molecule has 1 aliphatic heterocycles. The summed E-state index contributed by atoms with van der Waals surface area (Å²) in [5, 5.41) is 0. The third-order valence-electron chi connectivity index (χ3n) is 4.58. The van der Waals surface area contributed by atoms with E-state index in [4.69, 9.17) is 12.8 Å². The van der Waals surface area contributed by atoms with Crippen LogP contribution in [0.25, 0.3) is 0 Å². The van der Waals surface area contributed by atoms with Crippen LogP contribution in [0.5, 0.6) is 0 Å². The molecule has 126 valence electrons. The number of anilines is 2. The Morgan fingerprint density at radius 3 is 1.96 bits per heavy atom. The molecule has 2 aromatic rings. The van der Waals surface area contributed by atoms with Crippen molar-refractivity contribution in [1.29, 1.82) is 0 Å². The van der Waals surface area contributed by atoms with Crippen molar-refractivity contribution in [3.63, 3.8) is 0 Å². The molecule has 3 heteroatoms. The molecule has 0 unspecified atom stereocenters. The highest BCUT2D eigenvalue weighted by atomic mass is 79.9. The van der Waals surface area contributed by atoms with Crippen LogP contribution in [0, 0.1) is 45.5 Å². The zero-order valence-corrected chi connectivity index (χ0v) is 16.4. The number of hydrogen-bond acceptors (Lipinski definition) is 2. The van der Waals surface area contributed by atoms with E-state index < -0.39 is 0 Å². The molecule has 0 bridgehead atoms. The first kappa shape index (κ1) is 17.5. The van der Waals surface area contributed by atoms with Crippen molar-refractivity contribution >= 4 is 27.3 Å². The van der Waals surface area contributed by atoms with Crippen LogP contribution in [-0.2, 0) is 0 Å². The molecule has 0 amide bonds. The first-order valence-electron chi connectivity index (χ1n) is 8.29. The first-order chi connectivity index (χ1) is 11.9. The highest BCUT2D eigenvalue weighted by molar-refractivity contribution is 9.10. The van der Waals surface area contributed by atoms with Crippen molar-refractivity contribution in [1.82, 2.24) is 0 Å². The van der Waals surface area contributed by atoms with Crippen LogP contribution in [0.2, 0.25) is 0 Å². The predicted octanol–water partition coefficient (Wildman–Crippen LogP) is 4.62. The van der Waals surface area contributed by atoms with Gasteiger partial charge in [-0.25, -0.2) is 0 Å². The van der Waals surface area contributed by atoms with Gasteiger partial charge in [-0.15, -0.1) is 12.8 Å². The quantitative estimate of drug-likeness (QED) is 0.687. The van der Waals surface area contributed by atoms with Gasteiger partial charge < -0.3 is 9.80 Å². The number of hydrogen-bond donors (Lipinski definition) is 0. The molecular formula is C22H21BrN2. The molecule has 2 nitrogen and oxygen atoms in total. The van der Waals surface area contributed by atoms with Gasteiger partial charge in [0.05, 0.1) is 18.0 Å². The summed E-state index contributed by atoms with van der Waals surface area (Å²) in [4.78, 5) is 4.66. The van der Waals surface area contributed by atoms with Gasteiger partial charge in [-0.05, 0) is 71.6 Å². The molecule has 1 heterocycles. The van der Waals surface area contributed by atoms with E-state index in [1.807, 2.05) is 0 Å². The van der Waals surface area contributed by atoms with Crippen molar-refractivity contribution < 1.29 is 0 Å². The van der Waals surface area contributed by atoms with E-state index in [1.165, 1.54) is 11.1 Å². The van der Waals surface area contributed by atoms with Crippen LogP contribution in [0.15, 0.2) is 28.7 Å². The lowest BCUT2D eigenvalue weighted by Crippen LogP contribution is -2.27. The second-order valence-corrected chi connectivity index (χ2v) is 7.43. The zero-order valence-electron chi connectivity index (χ0n) is 14.9. The molecule has 0 aliphatic carbocycles. The molecule has 25 heavy (non-hydrogen) atoms. The molecular weight excluding hydrogens is 372 g/mol. The number of aryl methyl sites for hydroxylation is 3. The summed E-state index contributed by atoms with van der Waals surface area (Å²) in [5.41, 5.74) is 7.69. The smallest absolute Gasteiger partial charge is 0.0905 e. The lowest BCUT2D eigenvalue weighted by molar-refractivity contribution is 0.939. The Balaban J connectivity index is 1.97. The largest absolute Gasteiger partial charge is 0.351 e. The second-order valence-electron chi connectivity index (χ2n) is 6.58. The number of rotatable bonds is 2. The molecule has 0 atom stereocenters. The lowest BCUT2D eigenvalue weighted by Gasteiger charge is -2.26. The van der Waals surface area contributed by atoms with Gasteiger partial charge in [0.15, 0.2) is 0 Å². The van der Waals surface area contributed by atoms with Crippen molar-refractivity contribution in [3.8, 4) is 24.7 Å². The first-order valence-corrected chi connectivity index (χ1v) is 9.08. The molecule has 3 rings (SSSR count). The molecule has 1 aliphatic rings. The Kier molecular flexibility index (Phi) is 4.80. The summed E-state index contributed by atoms with van der Waals surface area (Å²) in [6.07, 6.45) is 11.5. The van der Waals surface area contributed by atoms with E-state index in [2.05, 4.69) is 82.6 Å². The highest BCUT2D eigenvalue weighted by Gasteiger charge is 2.26. The molecule has 2 aromatic carbocycles. The van der Waals surface area contributed by atoms with Crippen LogP contribution in [0.3, 0.4) is 0 Å². The fourth-order valence-electron chi connectivity index (χ4n) is 3.61. The SMILES string of the molecule is C#Cc1cc(C)cc(C)c1N1CCN(c2c(Br)cc(C)cc2C#C)C1. The average Bonchev–Trinajstić information content (AvgIpc) is 3.01. The maximum Gasteiger partial charge on any atom is 0.0905 e. The number of nitrogens with zero attached hydrogens (tertiary/aromatic N) is 2. The zero-order chi connectivity index (χ0) is 18.1. The lowest BCUT2D eigenvalue weighted by atomic mass is 10.0. The maximum absolute atomic E-state index is 5.76. The van der Waals surface area contributed by atoms with Gasteiger partial charge in [0, 0.05) is 28.7 Å². The van der Waals surface area contributed by atoms with Crippen LogP contribution >= 0.6 is 15.9 Å². The van der Waals surface area contributed by atoms with Gasteiger partial charge in [-0.2, -0.15) is 0 Å². The van der Waals surface area contributed by atoms with Crippen molar-refractivity contribution in [2.45, 2.75) is 20.8 Å². The van der Waals surface area contributed by atoms with Crippen molar-refractivity contribution in [2.24, 2.45) is 0 Å². The van der Waals surface area contributed by atoms with E-state index in [-0.39, 0.29) is 0 Å². The molecule has 0 saturated carbocycles. The van der Waals surface area contributed by atoms with E-state index in [0.29, 0.717) is 0 Å². The molecule has 0 spiro atoms. The molecule has 0 N–H and O–H groups in total. The molecule has 0 aromatic heterocycles. The Morgan fingerprint density at radius 2 is 1.36 bits per heavy atom. The fraction of sp³-hybridized carbons (Fsp3) is 0.273. The van der Waals surface area contributed by atoms with E-state index in [0.717, 1.165) is 52.3 Å². The second kappa shape index (κ2) is 6.87. The van der Waals surface area contributed by atoms with E-state index in [9.17, 15) is 0 Å². The Labute approximate surface area is 159 Å². The third-order valence-corrected chi connectivity index (χ3v) is 5.18. The molecule has 0 radical (unpaired) electrons. The molecule has 1 saturated heterocycles. The maximum atomic E-state index is 5.76. The summed E-state index contributed by atoms with van der Waals surface area (Å²) in [6.45, 7) is 8.86. The van der Waals surface area contributed by atoms with Gasteiger partial charge in [0.2, 0.25) is 0 Å². The topological polar surface area (TPSA) is 6.48 Å².